The Morgan fingerprint density at radius 2 is 1.67 bits per heavy atom. The van der Waals surface area contributed by atoms with E-state index in [1.165, 1.54) is 0 Å². The third-order valence-electron chi connectivity index (χ3n) is 1.58. The lowest BCUT2D eigenvalue weighted by atomic mass is 10.1. The minimum atomic E-state index is -0.0919. The molecule has 2 N–H and O–H groups in total. The summed E-state index contributed by atoms with van der Waals surface area (Å²) in [5.74, 6) is 0. The molecule has 0 atom stereocenters. The van der Waals surface area contributed by atoms with Crippen LogP contribution in [0.5, 0.6) is 0 Å². The van der Waals surface area contributed by atoms with Gasteiger partial charge >= 0.3 is 0 Å². The van der Waals surface area contributed by atoms with Crippen molar-refractivity contribution < 1.29 is 10.2 Å². The maximum absolute atomic E-state index is 8.76. The molecule has 2 nitrogen and oxygen atoms in total. The monoisotopic (exact) mass is 164 g/mol. The Morgan fingerprint density at radius 1 is 1.08 bits per heavy atom. The number of rotatable bonds is 3. The molecule has 0 fully saturated rings. The van der Waals surface area contributed by atoms with Crippen molar-refractivity contribution >= 4 is 6.08 Å². The van der Waals surface area contributed by atoms with Crippen molar-refractivity contribution in [2.45, 2.75) is 0 Å². The zero-order valence-electron chi connectivity index (χ0n) is 6.77. The van der Waals surface area contributed by atoms with E-state index in [2.05, 4.69) is 0 Å². The molecule has 0 amide bonds. The van der Waals surface area contributed by atoms with Crippen LogP contribution >= 0.6 is 0 Å². The molecule has 0 aliphatic carbocycles. The van der Waals surface area contributed by atoms with Gasteiger partial charge < -0.3 is 10.2 Å². The maximum atomic E-state index is 8.76. The second-order valence-electron chi connectivity index (χ2n) is 2.53. The fourth-order valence-electron chi connectivity index (χ4n) is 0.926. The highest BCUT2D eigenvalue weighted by Gasteiger charge is 1.92. The highest BCUT2D eigenvalue weighted by atomic mass is 16.3. The largest absolute Gasteiger partial charge is 0.392 e. The molecule has 0 aliphatic heterocycles. The number of hydrogen-bond acceptors (Lipinski definition) is 2. The van der Waals surface area contributed by atoms with E-state index in [1.54, 1.807) is 6.08 Å². The van der Waals surface area contributed by atoms with Crippen LogP contribution in [0.15, 0.2) is 35.9 Å². The van der Waals surface area contributed by atoms with E-state index in [0.29, 0.717) is 5.57 Å². The molecule has 0 bridgehead atoms. The summed E-state index contributed by atoms with van der Waals surface area (Å²) in [6.45, 7) is -0.184. The highest BCUT2D eigenvalue weighted by molar-refractivity contribution is 5.52. The van der Waals surface area contributed by atoms with E-state index in [1.807, 2.05) is 30.3 Å². The Hall–Kier alpha value is -1.12. The summed E-state index contributed by atoms with van der Waals surface area (Å²) < 4.78 is 0. The predicted molar refractivity (Wildman–Crippen MR) is 48.6 cm³/mol. The van der Waals surface area contributed by atoms with E-state index in [4.69, 9.17) is 10.2 Å². The van der Waals surface area contributed by atoms with E-state index < -0.39 is 0 Å². The standard InChI is InChI=1S/C10H12O2/c11-7-10(8-12)6-9-4-2-1-3-5-9/h1-6,11-12H,7-8H2. The third kappa shape index (κ3) is 2.49. The van der Waals surface area contributed by atoms with Crippen molar-refractivity contribution in [3.8, 4) is 0 Å². The molecule has 1 rings (SSSR count). The molecule has 0 heterocycles. The fourth-order valence-corrected chi connectivity index (χ4v) is 0.926. The van der Waals surface area contributed by atoms with Gasteiger partial charge in [0.1, 0.15) is 0 Å². The predicted octanol–water partition coefficient (Wildman–Crippen LogP) is 1.05. The van der Waals surface area contributed by atoms with Crippen LogP contribution in [0.3, 0.4) is 0 Å². The molecule has 12 heavy (non-hydrogen) atoms. The van der Waals surface area contributed by atoms with Crippen LogP contribution in [0, 0.1) is 0 Å². The molecule has 0 saturated carbocycles. The van der Waals surface area contributed by atoms with Gasteiger partial charge in [0.15, 0.2) is 0 Å². The molecule has 64 valence electrons. The molecule has 0 unspecified atom stereocenters. The smallest absolute Gasteiger partial charge is 0.0667 e. The highest BCUT2D eigenvalue weighted by Crippen LogP contribution is 2.04. The van der Waals surface area contributed by atoms with Gasteiger partial charge in [0.05, 0.1) is 13.2 Å². The molecule has 2 heteroatoms. The lowest BCUT2D eigenvalue weighted by Crippen LogP contribution is -1.95. The Bertz CT molecular complexity index is 246. The van der Waals surface area contributed by atoms with Gasteiger partial charge in [-0.15, -0.1) is 0 Å². The zero-order chi connectivity index (χ0) is 8.81. The Kier molecular flexibility index (Phi) is 3.51. The van der Waals surface area contributed by atoms with Gasteiger partial charge in [-0.2, -0.15) is 0 Å². The lowest BCUT2D eigenvalue weighted by molar-refractivity contribution is 0.278. The van der Waals surface area contributed by atoms with Crippen molar-refractivity contribution in [1.82, 2.24) is 0 Å². The van der Waals surface area contributed by atoms with Gasteiger partial charge in [0.2, 0.25) is 0 Å². The summed E-state index contributed by atoms with van der Waals surface area (Å²) >= 11 is 0. The van der Waals surface area contributed by atoms with Crippen LogP contribution in [-0.4, -0.2) is 23.4 Å². The normalized spacial score (nSPS) is 9.50. The van der Waals surface area contributed by atoms with E-state index in [9.17, 15) is 0 Å². The molecule has 0 radical (unpaired) electrons. The average molecular weight is 164 g/mol. The summed E-state index contributed by atoms with van der Waals surface area (Å²) in [5.41, 5.74) is 1.62. The van der Waals surface area contributed by atoms with Gasteiger partial charge in [0, 0.05) is 0 Å². The zero-order valence-corrected chi connectivity index (χ0v) is 6.77. The number of aliphatic hydroxyl groups excluding tert-OH is 2. The molecule has 0 aromatic heterocycles. The van der Waals surface area contributed by atoms with Crippen molar-refractivity contribution in [3.63, 3.8) is 0 Å². The molecule has 0 spiro atoms. The van der Waals surface area contributed by atoms with Crippen LogP contribution in [0.4, 0.5) is 0 Å². The molecular formula is C10H12O2. The topological polar surface area (TPSA) is 40.5 Å². The van der Waals surface area contributed by atoms with Crippen LogP contribution in [0.25, 0.3) is 6.08 Å². The van der Waals surface area contributed by atoms with Crippen molar-refractivity contribution in [2.75, 3.05) is 13.2 Å². The van der Waals surface area contributed by atoms with Crippen LogP contribution < -0.4 is 0 Å². The first-order valence-corrected chi connectivity index (χ1v) is 3.83. The van der Waals surface area contributed by atoms with Gasteiger partial charge in [0.25, 0.3) is 0 Å². The lowest BCUT2D eigenvalue weighted by Gasteiger charge is -1.98. The maximum Gasteiger partial charge on any atom is 0.0667 e. The van der Waals surface area contributed by atoms with Crippen LogP contribution in [-0.2, 0) is 0 Å². The van der Waals surface area contributed by atoms with Crippen molar-refractivity contribution in [2.24, 2.45) is 0 Å². The average Bonchev–Trinajstić information content (AvgIpc) is 2.16. The minimum absolute atomic E-state index is 0.0919. The first kappa shape index (κ1) is 8.97. The van der Waals surface area contributed by atoms with Gasteiger partial charge in [-0.25, -0.2) is 0 Å². The van der Waals surface area contributed by atoms with Crippen molar-refractivity contribution in [3.05, 3.63) is 41.5 Å². The van der Waals surface area contributed by atoms with E-state index >= 15 is 0 Å². The van der Waals surface area contributed by atoms with Gasteiger partial charge in [-0.3, -0.25) is 0 Å². The molecular weight excluding hydrogens is 152 g/mol. The SMILES string of the molecule is OCC(=Cc1ccccc1)CO. The van der Waals surface area contributed by atoms with Crippen molar-refractivity contribution in [1.29, 1.82) is 0 Å². The van der Waals surface area contributed by atoms with Crippen LogP contribution in [0.1, 0.15) is 5.56 Å². The van der Waals surface area contributed by atoms with Crippen LogP contribution in [0.2, 0.25) is 0 Å². The second kappa shape index (κ2) is 4.70. The Labute approximate surface area is 71.8 Å². The number of aliphatic hydroxyl groups is 2. The second-order valence-corrected chi connectivity index (χ2v) is 2.53. The first-order chi connectivity index (χ1) is 5.86. The minimum Gasteiger partial charge on any atom is -0.392 e. The molecule has 1 aromatic carbocycles. The Morgan fingerprint density at radius 3 is 2.17 bits per heavy atom. The van der Waals surface area contributed by atoms with Gasteiger partial charge in [-0.1, -0.05) is 36.4 Å². The number of benzene rings is 1. The van der Waals surface area contributed by atoms with E-state index in [0.717, 1.165) is 5.56 Å². The van der Waals surface area contributed by atoms with Gasteiger partial charge in [-0.05, 0) is 11.1 Å². The molecule has 0 saturated heterocycles. The molecule has 0 aliphatic rings. The third-order valence-corrected chi connectivity index (χ3v) is 1.58. The molecule has 1 aromatic rings. The van der Waals surface area contributed by atoms with E-state index in [-0.39, 0.29) is 13.2 Å². The first-order valence-electron chi connectivity index (χ1n) is 3.83. The summed E-state index contributed by atoms with van der Waals surface area (Å²) in [5, 5.41) is 17.5. The summed E-state index contributed by atoms with van der Waals surface area (Å²) in [7, 11) is 0. The summed E-state index contributed by atoms with van der Waals surface area (Å²) in [6, 6.07) is 9.60. The summed E-state index contributed by atoms with van der Waals surface area (Å²) in [6.07, 6.45) is 1.78. The fraction of sp³-hybridized carbons (Fsp3) is 0.200. The summed E-state index contributed by atoms with van der Waals surface area (Å²) in [4.78, 5) is 0. The Balaban J connectivity index is 2.79. The quantitative estimate of drug-likeness (QED) is 0.701. The number of hydrogen-bond donors (Lipinski definition) is 2.